The van der Waals surface area contributed by atoms with Crippen LogP contribution in [-0.2, 0) is 0 Å². The monoisotopic (exact) mass is 297 g/mol. The van der Waals surface area contributed by atoms with E-state index in [1.54, 1.807) is 0 Å². The first-order chi connectivity index (χ1) is 9.54. The van der Waals surface area contributed by atoms with Crippen molar-refractivity contribution in [3.63, 3.8) is 0 Å². The zero-order chi connectivity index (χ0) is 14.7. The van der Waals surface area contributed by atoms with Gasteiger partial charge in [-0.1, -0.05) is 12.8 Å². The largest absolute Gasteiger partial charge is 0.466 e. The maximum atomic E-state index is 12.3. The van der Waals surface area contributed by atoms with Gasteiger partial charge in [0, 0.05) is 18.0 Å². The smallest absolute Gasteiger partial charge is 0.255 e. The number of carbonyl (C=O) groups excluding carboxylic acids is 1. The number of rotatable bonds is 4. The molecule has 1 heterocycles. The fourth-order valence-electron chi connectivity index (χ4n) is 3.20. The molecule has 1 fully saturated rings. The molecule has 0 saturated heterocycles. The van der Waals surface area contributed by atoms with Crippen LogP contribution in [0.25, 0.3) is 0 Å². The van der Waals surface area contributed by atoms with Gasteiger partial charge in [0.2, 0.25) is 0 Å². The van der Waals surface area contributed by atoms with Crippen molar-refractivity contribution in [1.29, 1.82) is 0 Å². The van der Waals surface area contributed by atoms with Crippen molar-refractivity contribution in [3.05, 3.63) is 22.6 Å². The minimum absolute atomic E-state index is 0.0178. The summed E-state index contributed by atoms with van der Waals surface area (Å²) in [4.78, 5) is 12.3. The third-order valence-corrected chi connectivity index (χ3v) is 4.97. The summed E-state index contributed by atoms with van der Waals surface area (Å²) < 4.78 is 5.52. The van der Waals surface area contributed by atoms with Crippen LogP contribution in [0.15, 0.2) is 4.42 Å². The van der Waals surface area contributed by atoms with Gasteiger partial charge in [-0.2, -0.15) is 0 Å². The van der Waals surface area contributed by atoms with E-state index in [2.05, 4.69) is 5.32 Å². The summed E-state index contributed by atoms with van der Waals surface area (Å²) in [7, 11) is 0. The first-order valence-electron chi connectivity index (χ1n) is 7.45. The molecule has 4 heteroatoms. The number of hydrogen-bond donors (Lipinski definition) is 1. The van der Waals surface area contributed by atoms with Gasteiger partial charge in [-0.25, -0.2) is 0 Å². The number of halogens is 1. The van der Waals surface area contributed by atoms with Crippen molar-refractivity contribution in [2.75, 3.05) is 12.4 Å². The van der Waals surface area contributed by atoms with Crippen LogP contribution in [-0.4, -0.2) is 18.3 Å². The van der Waals surface area contributed by atoms with Crippen molar-refractivity contribution in [1.82, 2.24) is 5.32 Å². The first kappa shape index (κ1) is 15.4. The molecule has 1 N–H and O–H groups in total. The van der Waals surface area contributed by atoms with E-state index in [4.69, 9.17) is 16.0 Å². The molecule has 0 bridgehead atoms. The SMILES string of the molecule is Cc1oc(C)c(C(=O)NCC2CCCCC2CCl)c1C. The Kier molecular flexibility index (Phi) is 5.14. The van der Waals surface area contributed by atoms with Crippen LogP contribution in [0, 0.1) is 32.6 Å². The average molecular weight is 298 g/mol. The van der Waals surface area contributed by atoms with Crippen molar-refractivity contribution in [2.24, 2.45) is 11.8 Å². The molecule has 112 valence electrons. The van der Waals surface area contributed by atoms with Crippen molar-refractivity contribution in [2.45, 2.75) is 46.5 Å². The molecule has 2 unspecified atom stereocenters. The van der Waals surface area contributed by atoms with E-state index in [-0.39, 0.29) is 5.91 Å². The molecule has 0 aromatic carbocycles. The summed E-state index contributed by atoms with van der Waals surface area (Å²) in [6, 6.07) is 0. The summed E-state index contributed by atoms with van der Waals surface area (Å²) in [6.07, 6.45) is 4.87. The Labute approximate surface area is 126 Å². The summed E-state index contributed by atoms with van der Waals surface area (Å²) >= 11 is 6.03. The predicted molar refractivity (Wildman–Crippen MR) is 81.4 cm³/mol. The minimum Gasteiger partial charge on any atom is -0.466 e. The first-order valence-corrected chi connectivity index (χ1v) is 7.98. The van der Waals surface area contributed by atoms with Gasteiger partial charge < -0.3 is 9.73 Å². The molecule has 2 atom stereocenters. The van der Waals surface area contributed by atoms with Crippen LogP contribution >= 0.6 is 11.6 Å². The number of carbonyl (C=O) groups is 1. The van der Waals surface area contributed by atoms with Gasteiger partial charge in [-0.05, 0) is 45.4 Å². The Morgan fingerprint density at radius 2 is 1.85 bits per heavy atom. The van der Waals surface area contributed by atoms with E-state index in [0.717, 1.165) is 17.9 Å². The predicted octanol–water partition coefficient (Wildman–Crippen LogP) is 3.98. The van der Waals surface area contributed by atoms with E-state index in [9.17, 15) is 4.79 Å². The average Bonchev–Trinajstić information content (AvgIpc) is 2.70. The lowest BCUT2D eigenvalue weighted by atomic mass is 9.80. The van der Waals surface area contributed by atoms with Gasteiger partial charge in [0.25, 0.3) is 5.91 Å². The molecule has 1 amide bonds. The van der Waals surface area contributed by atoms with Crippen LogP contribution in [0.2, 0.25) is 0 Å². The number of aryl methyl sites for hydroxylation is 2. The number of furan rings is 1. The van der Waals surface area contributed by atoms with E-state index >= 15 is 0 Å². The molecule has 20 heavy (non-hydrogen) atoms. The second kappa shape index (κ2) is 6.66. The normalized spacial score (nSPS) is 22.8. The molecular weight excluding hydrogens is 274 g/mol. The molecular formula is C16H24ClNO2. The van der Waals surface area contributed by atoms with E-state index in [1.807, 2.05) is 20.8 Å². The van der Waals surface area contributed by atoms with Gasteiger partial charge in [0.05, 0.1) is 5.56 Å². The van der Waals surface area contributed by atoms with E-state index in [1.165, 1.54) is 25.7 Å². The third kappa shape index (κ3) is 3.20. The molecule has 3 nitrogen and oxygen atoms in total. The van der Waals surface area contributed by atoms with Gasteiger partial charge in [0.1, 0.15) is 11.5 Å². The van der Waals surface area contributed by atoms with Gasteiger partial charge in [0.15, 0.2) is 0 Å². The van der Waals surface area contributed by atoms with Gasteiger partial charge in [-0.15, -0.1) is 11.6 Å². The number of amides is 1. The quantitative estimate of drug-likeness (QED) is 0.854. The summed E-state index contributed by atoms with van der Waals surface area (Å²) in [6.45, 7) is 6.39. The lowest BCUT2D eigenvalue weighted by Gasteiger charge is -2.30. The highest BCUT2D eigenvalue weighted by atomic mass is 35.5. The van der Waals surface area contributed by atoms with E-state index < -0.39 is 0 Å². The Bertz CT molecular complexity index is 481. The van der Waals surface area contributed by atoms with Gasteiger partial charge >= 0.3 is 0 Å². The molecule has 1 aromatic rings. The van der Waals surface area contributed by atoms with Crippen LogP contribution < -0.4 is 5.32 Å². The van der Waals surface area contributed by atoms with Crippen LogP contribution in [0.3, 0.4) is 0 Å². The van der Waals surface area contributed by atoms with E-state index in [0.29, 0.717) is 29.0 Å². The van der Waals surface area contributed by atoms with Crippen molar-refractivity contribution < 1.29 is 9.21 Å². The van der Waals surface area contributed by atoms with Crippen LogP contribution in [0.5, 0.6) is 0 Å². The number of alkyl halides is 1. The second-order valence-electron chi connectivity index (χ2n) is 5.88. The Balaban J connectivity index is 1.98. The molecule has 2 rings (SSSR count). The lowest BCUT2D eigenvalue weighted by molar-refractivity contribution is 0.0934. The number of nitrogens with one attached hydrogen (secondary N) is 1. The Hall–Kier alpha value is -0.960. The molecule has 1 saturated carbocycles. The topological polar surface area (TPSA) is 42.2 Å². The number of hydrogen-bond acceptors (Lipinski definition) is 2. The standard InChI is InChI=1S/C16H24ClNO2/c1-10-11(2)20-12(3)15(10)16(19)18-9-14-7-5-4-6-13(14)8-17/h13-14H,4-9H2,1-3H3,(H,18,19). The third-order valence-electron chi connectivity index (χ3n) is 4.58. The highest BCUT2D eigenvalue weighted by Gasteiger charge is 2.26. The maximum Gasteiger partial charge on any atom is 0.255 e. The van der Waals surface area contributed by atoms with Crippen molar-refractivity contribution >= 4 is 17.5 Å². The van der Waals surface area contributed by atoms with Crippen molar-refractivity contribution in [3.8, 4) is 0 Å². The molecule has 0 aliphatic heterocycles. The summed E-state index contributed by atoms with van der Waals surface area (Å²) in [5.74, 6) is 3.26. The zero-order valence-corrected chi connectivity index (χ0v) is 13.3. The summed E-state index contributed by atoms with van der Waals surface area (Å²) in [5.41, 5.74) is 1.64. The fourth-order valence-corrected chi connectivity index (χ4v) is 3.60. The minimum atomic E-state index is -0.0178. The second-order valence-corrected chi connectivity index (χ2v) is 6.19. The molecule has 0 radical (unpaired) electrons. The molecule has 0 spiro atoms. The molecule has 1 aliphatic carbocycles. The molecule has 1 aromatic heterocycles. The summed E-state index contributed by atoms with van der Waals surface area (Å²) in [5, 5.41) is 3.07. The zero-order valence-electron chi connectivity index (χ0n) is 12.6. The van der Waals surface area contributed by atoms with Crippen LogP contribution in [0.1, 0.15) is 53.1 Å². The van der Waals surface area contributed by atoms with Gasteiger partial charge in [-0.3, -0.25) is 4.79 Å². The maximum absolute atomic E-state index is 12.3. The molecule has 1 aliphatic rings. The van der Waals surface area contributed by atoms with Crippen LogP contribution in [0.4, 0.5) is 0 Å². The Morgan fingerprint density at radius 3 is 2.40 bits per heavy atom. The Morgan fingerprint density at radius 1 is 1.20 bits per heavy atom. The lowest BCUT2D eigenvalue weighted by Crippen LogP contribution is -2.35. The highest BCUT2D eigenvalue weighted by Crippen LogP contribution is 2.30. The highest BCUT2D eigenvalue weighted by molar-refractivity contribution is 6.18. The fraction of sp³-hybridized carbons (Fsp3) is 0.688.